The first-order valence-electron chi connectivity index (χ1n) is 8.00. The summed E-state index contributed by atoms with van der Waals surface area (Å²) in [6.45, 7) is 1.55. The van der Waals surface area contributed by atoms with E-state index in [0.717, 1.165) is 17.2 Å². The summed E-state index contributed by atoms with van der Waals surface area (Å²) in [6.07, 6.45) is -3.70. The molecule has 1 atom stereocenters. The lowest BCUT2D eigenvalue weighted by molar-refractivity contribution is -0.138. The minimum absolute atomic E-state index is 0.0458. The van der Waals surface area contributed by atoms with E-state index in [1.807, 2.05) is 30.3 Å². The molecule has 0 spiro atoms. The van der Waals surface area contributed by atoms with Gasteiger partial charge < -0.3 is 10.5 Å². The highest BCUT2D eigenvalue weighted by Crippen LogP contribution is 2.37. The van der Waals surface area contributed by atoms with Crippen molar-refractivity contribution in [2.45, 2.75) is 19.2 Å². The van der Waals surface area contributed by atoms with Gasteiger partial charge >= 0.3 is 6.18 Å². The molecule has 0 aliphatic rings. The van der Waals surface area contributed by atoms with Crippen LogP contribution in [0.3, 0.4) is 0 Å². The second-order valence-corrected chi connectivity index (χ2v) is 5.82. The second kappa shape index (κ2) is 7.07. The van der Waals surface area contributed by atoms with Crippen LogP contribution in [0.2, 0.25) is 0 Å². The van der Waals surface area contributed by atoms with Crippen LogP contribution in [0.5, 0.6) is 5.75 Å². The fourth-order valence-corrected chi connectivity index (χ4v) is 2.70. The number of pyridine rings is 1. The highest BCUT2D eigenvalue weighted by atomic mass is 19.4. The Labute approximate surface area is 149 Å². The molecule has 0 bridgehead atoms. The summed E-state index contributed by atoms with van der Waals surface area (Å²) >= 11 is 0. The molecule has 0 radical (unpaired) electrons. The van der Waals surface area contributed by atoms with E-state index in [1.54, 1.807) is 25.3 Å². The molecule has 134 valence electrons. The summed E-state index contributed by atoms with van der Waals surface area (Å²) < 4.78 is 45.4. The molecule has 2 aromatic carbocycles. The standard InChI is InChI=1S/C20H17F3N2O/c1-13(16-9-5-6-10-17(16)20(21,22)23)26-18-11-15(12-25-19(18)24)14-7-3-2-4-8-14/h2-13H,1H3,(H2,24,25). The van der Waals surface area contributed by atoms with Crippen LogP contribution in [0.15, 0.2) is 66.9 Å². The summed E-state index contributed by atoms with van der Waals surface area (Å²) in [5.41, 5.74) is 6.86. The Hall–Kier alpha value is -3.02. The maximum absolute atomic E-state index is 13.2. The predicted octanol–water partition coefficient (Wildman–Crippen LogP) is 5.49. The van der Waals surface area contributed by atoms with Gasteiger partial charge in [-0.1, -0.05) is 48.5 Å². The minimum Gasteiger partial charge on any atom is -0.482 e. The van der Waals surface area contributed by atoms with E-state index in [4.69, 9.17) is 10.5 Å². The van der Waals surface area contributed by atoms with Crippen molar-refractivity contribution in [1.82, 2.24) is 4.98 Å². The normalized spacial score (nSPS) is 12.6. The second-order valence-electron chi connectivity index (χ2n) is 5.82. The molecule has 0 amide bonds. The summed E-state index contributed by atoms with van der Waals surface area (Å²) in [7, 11) is 0. The summed E-state index contributed by atoms with van der Waals surface area (Å²) in [6, 6.07) is 16.5. The molecular weight excluding hydrogens is 341 g/mol. The molecule has 1 heterocycles. The monoisotopic (exact) mass is 358 g/mol. The number of halogens is 3. The average Bonchev–Trinajstić information content (AvgIpc) is 2.63. The van der Waals surface area contributed by atoms with Crippen molar-refractivity contribution in [1.29, 1.82) is 0 Å². The molecule has 3 nitrogen and oxygen atoms in total. The third kappa shape index (κ3) is 3.79. The highest BCUT2D eigenvalue weighted by Gasteiger charge is 2.34. The van der Waals surface area contributed by atoms with Gasteiger partial charge in [-0.05, 0) is 24.6 Å². The Balaban J connectivity index is 1.92. The molecule has 1 aromatic heterocycles. The largest absolute Gasteiger partial charge is 0.482 e. The van der Waals surface area contributed by atoms with Crippen molar-refractivity contribution in [2.24, 2.45) is 0 Å². The van der Waals surface area contributed by atoms with Crippen LogP contribution in [0.1, 0.15) is 24.2 Å². The molecule has 0 saturated heterocycles. The van der Waals surface area contributed by atoms with Gasteiger partial charge in [0, 0.05) is 17.3 Å². The highest BCUT2D eigenvalue weighted by molar-refractivity contribution is 5.66. The molecule has 26 heavy (non-hydrogen) atoms. The molecule has 0 aliphatic carbocycles. The maximum Gasteiger partial charge on any atom is 0.416 e. The molecule has 6 heteroatoms. The first kappa shape index (κ1) is 17.8. The lowest BCUT2D eigenvalue weighted by Gasteiger charge is -2.20. The Morgan fingerprint density at radius 1 is 0.962 bits per heavy atom. The van der Waals surface area contributed by atoms with Gasteiger partial charge in [-0.25, -0.2) is 4.98 Å². The fourth-order valence-electron chi connectivity index (χ4n) is 2.70. The quantitative estimate of drug-likeness (QED) is 0.671. The molecule has 1 unspecified atom stereocenters. The fraction of sp³-hybridized carbons (Fsp3) is 0.150. The zero-order chi connectivity index (χ0) is 18.7. The number of ether oxygens (including phenoxy) is 1. The van der Waals surface area contributed by atoms with Gasteiger partial charge in [0.25, 0.3) is 0 Å². The van der Waals surface area contributed by atoms with Crippen LogP contribution in [-0.2, 0) is 6.18 Å². The van der Waals surface area contributed by atoms with Gasteiger partial charge in [0.05, 0.1) is 5.56 Å². The van der Waals surface area contributed by atoms with Crippen molar-refractivity contribution >= 4 is 5.82 Å². The molecule has 3 aromatic rings. The van der Waals surface area contributed by atoms with Crippen LogP contribution < -0.4 is 10.5 Å². The number of benzene rings is 2. The average molecular weight is 358 g/mol. The van der Waals surface area contributed by atoms with Crippen molar-refractivity contribution in [3.8, 4) is 16.9 Å². The van der Waals surface area contributed by atoms with E-state index in [0.29, 0.717) is 0 Å². The van der Waals surface area contributed by atoms with E-state index >= 15 is 0 Å². The van der Waals surface area contributed by atoms with Gasteiger partial charge in [0.15, 0.2) is 11.6 Å². The lowest BCUT2D eigenvalue weighted by Crippen LogP contribution is -2.14. The van der Waals surface area contributed by atoms with E-state index in [-0.39, 0.29) is 17.1 Å². The first-order chi connectivity index (χ1) is 12.4. The number of anilines is 1. The third-order valence-corrected chi connectivity index (χ3v) is 4.00. The lowest BCUT2D eigenvalue weighted by atomic mass is 10.0. The van der Waals surface area contributed by atoms with Crippen LogP contribution in [-0.4, -0.2) is 4.98 Å². The van der Waals surface area contributed by atoms with Crippen molar-refractivity contribution in [3.63, 3.8) is 0 Å². The molecule has 0 aliphatic heterocycles. The summed E-state index contributed by atoms with van der Waals surface area (Å²) in [5.74, 6) is 0.372. The van der Waals surface area contributed by atoms with Crippen LogP contribution >= 0.6 is 0 Å². The molecular formula is C20H17F3N2O. The van der Waals surface area contributed by atoms with E-state index in [1.165, 1.54) is 12.1 Å². The molecule has 3 rings (SSSR count). The minimum atomic E-state index is -4.45. The molecule has 0 fully saturated rings. The van der Waals surface area contributed by atoms with E-state index in [9.17, 15) is 13.2 Å². The Morgan fingerprint density at radius 2 is 1.62 bits per heavy atom. The topological polar surface area (TPSA) is 48.1 Å². The number of nitrogen functional groups attached to an aromatic ring is 1. The number of alkyl halides is 3. The Morgan fingerprint density at radius 3 is 2.31 bits per heavy atom. The predicted molar refractivity (Wildman–Crippen MR) is 94.6 cm³/mol. The van der Waals surface area contributed by atoms with Crippen molar-refractivity contribution in [3.05, 3.63) is 78.0 Å². The molecule has 0 saturated carbocycles. The number of hydrogen-bond acceptors (Lipinski definition) is 3. The Bertz CT molecular complexity index is 895. The summed E-state index contributed by atoms with van der Waals surface area (Å²) in [5, 5.41) is 0. The zero-order valence-corrected chi connectivity index (χ0v) is 14.0. The van der Waals surface area contributed by atoms with Crippen LogP contribution in [0, 0.1) is 0 Å². The summed E-state index contributed by atoms with van der Waals surface area (Å²) in [4.78, 5) is 4.10. The van der Waals surface area contributed by atoms with Crippen molar-refractivity contribution < 1.29 is 17.9 Å². The number of rotatable bonds is 4. The maximum atomic E-state index is 13.2. The smallest absolute Gasteiger partial charge is 0.416 e. The molecule has 2 N–H and O–H groups in total. The van der Waals surface area contributed by atoms with Gasteiger partial charge in [-0.15, -0.1) is 0 Å². The van der Waals surface area contributed by atoms with Crippen molar-refractivity contribution in [2.75, 3.05) is 5.73 Å². The van der Waals surface area contributed by atoms with Crippen LogP contribution in [0.4, 0.5) is 19.0 Å². The third-order valence-electron chi connectivity index (χ3n) is 4.00. The zero-order valence-electron chi connectivity index (χ0n) is 14.0. The number of aromatic nitrogens is 1. The number of hydrogen-bond donors (Lipinski definition) is 1. The SMILES string of the molecule is CC(Oc1cc(-c2ccccc2)cnc1N)c1ccccc1C(F)(F)F. The number of nitrogens with zero attached hydrogens (tertiary/aromatic N) is 1. The van der Waals surface area contributed by atoms with Gasteiger partial charge in [-0.2, -0.15) is 13.2 Å². The number of nitrogens with two attached hydrogens (primary N) is 1. The van der Waals surface area contributed by atoms with E-state index in [2.05, 4.69) is 4.98 Å². The Kier molecular flexibility index (Phi) is 4.84. The van der Waals surface area contributed by atoms with Crippen LogP contribution in [0.25, 0.3) is 11.1 Å². The van der Waals surface area contributed by atoms with E-state index < -0.39 is 17.8 Å². The van der Waals surface area contributed by atoms with Gasteiger partial charge in [0.1, 0.15) is 6.10 Å². The van der Waals surface area contributed by atoms with Gasteiger partial charge in [0.2, 0.25) is 0 Å². The van der Waals surface area contributed by atoms with Gasteiger partial charge in [-0.3, -0.25) is 0 Å². The first-order valence-corrected chi connectivity index (χ1v) is 8.00.